The molecular formula is C19H22N2O3S. The van der Waals surface area contributed by atoms with Gasteiger partial charge in [-0.1, -0.05) is 36.4 Å². The van der Waals surface area contributed by atoms with Gasteiger partial charge in [-0.05, 0) is 24.6 Å². The molecule has 0 unspecified atom stereocenters. The van der Waals surface area contributed by atoms with Crippen LogP contribution in [0.15, 0.2) is 53.6 Å². The summed E-state index contributed by atoms with van der Waals surface area (Å²) < 4.78 is 10.6. The Morgan fingerprint density at radius 2 is 1.92 bits per heavy atom. The van der Waals surface area contributed by atoms with E-state index in [2.05, 4.69) is 10.5 Å². The molecule has 0 aliphatic rings. The molecule has 2 aromatic carbocycles. The maximum Gasteiger partial charge on any atom is 0.252 e. The van der Waals surface area contributed by atoms with Gasteiger partial charge >= 0.3 is 0 Å². The van der Waals surface area contributed by atoms with E-state index >= 15 is 0 Å². The van der Waals surface area contributed by atoms with Crippen LogP contribution in [0.25, 0.3) is 0 Å². The highest BCUT2D eigenvalue weighted by molar-refractivity contribution is 7.99. The van der Waals surface area contributed by atoms with Gasteiger partial charge in [-0.25, -0.2) is 5.43 Å². The molecule has 1 amide bonds. The molecule has 0 aliphatic carbocycles. The zero-order valence-electron chi connectivity index (χ0n) is 14.6. The predicted molar refractivity (Wildman–Crippen MR) is 102 cm³/mol. The molecule has 2 rings (SSSR count). The van der Waals surface area contributed by atoms with E-state index in [4.69, 9.17) is 9.47 Å². The van der Waals surface area contributed by atoms with Crippen LogP contribution in [0.5, 0.6) is 11.5 Å². The molecule has 5 nitrogen and oxygen atoms in total. The Bertz CT molecular complexity index is 720. The molecule has 25 heavy (non-hydrogen) atoms. The number of benzene rings is 2. The molecule has 2 aromatic rings. The van der Waals surface area contributed by atoms with Crippen molar-refractivity contribution < 1.29 is 14.3 Å². The minimum Gasteiger partial charge on any atom is -0.493 e. The Labute approximate surface area is 152 Å². The van der Waals surface area contributed by atoms with Gasteiger partial charge in [0.15, 0.2) is 11.5 Å². The smallest absolute Gasteiger partial charge is 0.252 e. The number of hydrogen-bond acceptors (Lipinski definition) is 5. The van der Waals surface area contributed by atoms with Crippen molar-refractivity contribution in [3.05, 3.63) is 59.7 Å². The van der Waals surface area contributed by atoms with Gasteiger partial charge in [-0.2, -0.15) is 5.10 Å². The number of carbonyl (C=O) groups is 1. The van der Waals surface area contributed by atoms with Crippen LogP contribution in [0.1, 0.15) is 18.1 Å². The zero-order valence-corrected chi connectivity index (χ0v) is 15.4. The molecule has 0 spiro atoms. The van der Waals surface area contributed by atoms with Crippen LogP contribution >= 0.6 is 11.8 Å². The van der Waals surface area contributed by atoms with Crippen LogP contribution in [-0.2, 0) is 10.5 Å². The Morgan fingerprint density at radius 3 is 2.60 bits per heavy atom. The summed E-state index contributed by atoms with van der Waals surface area (Å²) in [4.78, 5) is 12.1. The average molecular weight is 358 g/mol. The van der Waals surface area contributed by atoms with Gasteiger partial charge in [0, 0.05) is 11.3 Å². The molecule has 1 N–H and O–H groups in total. The Balaban J connectivity index is 1.89. The lowest BCUT2D eigenvalue weighted by molar-refractivity contribution is -0.120. The fourth-order valence-electron chi connectivity index (χ4n) is 2.14. The Kier molecular flexibility index (Phi) is 7.35. The number of nitrogens with zero attached hydrogens (tertiary/aromatic N) is 1. The third-order valence-electron chi connectivity index (χ3n) is 3.52. The molecular weight excluding hydrogens is 336 g/mol. The van der Waals surface area contributed by atoms with Crippen molar-refractivity contribution >= 4 is 23.9 Å². The Morgan fingerprint density at radius 1 is 1.16 bits per heavy atom. The molecule has 0 fully saturated rings. The standard InChI is InChI=1S/C19H22N2O3S/c1-14(25-13-15-8-5-4-6-9-15)19(22)21-20-12-16-10-7-11-17(23-2)18(16)24-3/h4-12,14H,13H2,1-3H3,(H,21,22)/b20-12-/t14-/m0/s1. The van der Waals surface area contributed by atoms with E-state index < -0.39 is 0 Å². The van der Waals surface area contributed by atoms with E-state index in [-0.39, 0.29) is 11.2 Å². The second-order valence-corrected chi connectivity index (χ2v) is 6.58. The number of ether oxygens (including phenoxy) is 2. The summed E-state index contributed by atoms with van der Waals surface area (Å²) >= 11 is 1.57. The van der Waals surface area contributed by atoms with Gasteiger partial charge in [0.25, 0.3) is 5.91 Å². The number of thioether (sulfide) groups is 1. The van der Waals surface area contributed by atoms with E-state index in [1.165, 1.54) is 5.56 Å². The first kappa shape index (κ1) is 18.9. The van der Waals surface area contributed by atoms with Crippen molar-refractivity contribution in [1.29, 1.82) is 0 Å². The van der Waals surface area contributed by atoms with Gasteiger partial charge in [0.2, 0.25) is 0 Å². The van der Waals surface area contributed by atoms with Gasteiger partial charge in [-0.15, -0.1) is 11.8 Å². The molecule has 0 radical (unpaired) electrons. The highest BCUT2D eigenvalue weighted by atomic mass is 32.2. The number of nitrogens with one attached hydrogen (secondary N) is 1. The van der Waals surface area contributed by atoms with E-state index in [0.29, 0.717) is 11.5 Å². The molecule has 0 aromatic heterocycles. The van der Waals surface area contributed by atoms with Crippen LogP contribution in [0, 0.1) is 0 Å². The third kappa shape index (κ3) is 5.53. The highest BCUT2D eigenvalue weighted by Crippen LogP contribution is 2.29. The highest BCUT2D eigenvalue weighted by Gasteiger charge is 2.13. The Hall–Kier alpha value is -2.47. The van der Waals surface area contributed by atoms with Gasteiger partial charge in [0.1, 0.15) is 0 Å². The van der Waals surface area contributed by atoms with Crippen molar-refractivity contribution in [2.45, 2.75) is 17.9 Å². The van der Waals surface area contributed by atoms with E-state index in [1.54, 1.807) is 38.3 Å². The molecule has 6 heteroatoms. The van der Waals surface area contributed by atoms with Gasteiger partial charge in [0.05, 0.1) is 25.7 Å². The SMILES string of the molecule is COc1cccc(/C=N\NC(=O)[C@H](C)SCc2ccccc2)c1OC. The third-order valence-corrected chi connectivity index (χ3v) is 4.74. The largest absolute Gasteiger partial charge is 0.493 e. The van der Waals surface area contributed by atoms with E-state index in [0.717, 1.165) is 11.3 Å². The molecule has 0 heterocycles. The zero-order chi connectivity index (χ0) is 18.1. The van der Waals surface area contributed by atoms with Crippen molar-refractivity contribution in [2.75, 3.05) is 14.2 Å². The first-order valence-electron chi connectivity index (χ1n) is 7.85. The van der Waals surface area contributed by atoms with Gasteiger partial charge in [-0.3, -0.25) is 4.79 Å². The monoisotopic (exact) mass is 358 g/mol. The predicted octanol–water partition coefficient (Wildman–Crippen LogP) is 3.48. The maximum absolute atomic E-state index is 12.1. The normalized spacial score (nSPS) is 12.0. The second-order valence-electron chi connectivity index (χ2n) is 5.26. The first-order chi connectivity index (χ1) is 12.2. The molecule has 0 bridgehead atoms. The van der Waals surface area contributed by atoms with Crippen molar-refractivity contribution in [2.24, 2.45) is 5.10 Å². The lowest BCUT2D eigenvalue weighted by atomic mass is 10.2. The van der Waals surface area contributed by atoms with Crippen LogP contribution in [0.3, 0.4) is 0 Å². The van der Waals surface area contributed by atoms with E-state index in [9.17, 15) is 4.79 Å². The molecule has 0 saturated carbocycles. The maximum atomic E-state index is 12.1. The van der Waals surface area contributed by atoms with Crippen LogP contribution in [0.2, 0.25) is 0 Å². The number of carbonyl (C=O) groups excluding carboxylic acids is 1. The van der Waals surface area contributed by atoms with Crippen LogP contribution in [0.4, 0.5) is 0 Å². The summed E-state index contributed by atoms with van der Waals surface area (Å²) in [6.07, 6.45) is 1.55. The van der Waals surface area contributed by atoms with Crippen molar-refractivity contribution in [3.8, 4) is 11.5 Å². The number of hydrazone groups is 1. The quantitative estimate of drug-likeness (QED) is 0.580. The topological polar surface area (TPSA) is 59.9 Å². The van der Waals surface area contributed by atoms with Crippen LogP contribution < -0.4 is 14.9 Å². The van der Waals surface area contributed by atoms with Crippen molar-refractivity contribution in [1.82, 2.24) is 5.43 Å². The average Bonchev–Trinajstić information content (AvgIpc) is 2.66. The summed E-state index contributed by atoms with van der Waals surface area (Å²) in [6, 6.07) is 15.5. The minimum atomic E-state index is -0.204. The summed E-state index contributed by atoms with van der Waals surface area (Å²) in [5.41, 5.74) is 4.49. The number of hydrogen-bond donors (Lipinski definition) is 1. The number of amides is 1. The lowest BCUT2D eigenvalue weighted by Crippen LogP contribution is -2.27. The lowest BCUT2D eigenvalue weighted by Gasteiger charge is -2.10. The minimum absolute atomic E-state index is 0.140. The fraction of sp³-hybridized carbons (Fsp3) is 0.263. The summed E-state index contributed by atoms with van der Waals surface area (Å²) in [5.74, 6) is 1.83. The summed E-state index contributed by atoms with van der Waals surface area (Å²) in [6.45, 7) is 1.87. The van der Waals surface area contributed by atoms with Crippen molar-refractivity contribution in [3.63, 3.8) is 0 Å². The summed E-state index contributed by atoms with van der Waals surface area (Å²) in [7, 11) is 3.14. The number of methoxy groups -OCH3 is 2. The first-order valence-corrected chi connectivity index (χ1v) is 8.90. The molecule has 0 saturated heterocycles. The fourth-order valence-corrected chi connectivity index (χ4v) is 2.98. The molecule has 1 atom stereocenters. The van der Waals surface area contributed by atoms with Gasteiger partial charge < -0.3 is 9.47 Å². The molecule has 0 aliphatic heterocycles. The van der Waals surface area contributed by atoms with E-state index in [1.807, 2.05) is 49.4 Å². The second kappa shape index (κ2) is 9.74. The molecule has 132 valence electrons. The van der Waals surface area contributed by atoms with Crippen LogP contribution in [-0.4, -0.2) is 31.6 Å². The number of para-hydroxylation sites is 1. The summed E-state index contributed by atoms with van der Waals surface area (Å²) in [5, 5.41) is 3.82. The number of rotatable bonds is 8.